The van der Waals surface area contributed by atoms with Gasteiger partial charge in [-0.1, -0.05) is 15.9 Å². The molecule has 1 nitrogen and oxygen atoms in total. The Morgan fingerprint density at radius 3 is 2.67 bits per heavy atom. The summed E-state index contributed by atoms with van der Waals surface area (Å²) in [5, 5.41) is 0.749. The van der Waals surface area contributed by atoms with E-state index in [0.29, 0.717) is 0 Å². The molecule has 0 radical (unpaired) electrons. The minimum atomic E-state index is 0.749. The fourth-order valence-electron chi connectivity index (χ4n) is 0.500. The van der Waals surface area contributed by atoms with E-state index in [1.807, 2.05) is 13.0 Å². The van der Waals surface area contributed by atoms with Gasteiger partial charge >= 0.3 is 0 Å². The van der Waals surface area contributed by atoms with Crippen LogP contribution in [-0.2, 0) is 0 Å². The molecule has 0 aliphatic heterocycles. The zero-order valence-electron chi connectivity index (χ0n) is 4.81. The summed E-state index contributed by atoms with van der Waals surface area (Å²) in [6.07, 6.45) is 0. The number of hydrogen-bond donors (Lipinski definition) is 0. The summed E-state index contributed by atoms with van der Waals surface area (Å²) in [7, 11) is 0. The Balaban J connectivity index is 3.16. The summed E-state index contributed by atoms with van der Waals surface area (Å²) < 4.78 is 1.04. The molecule has 0 bridgehead atoms. The highest BCUT2D eigenvalue weighted by molar-refractivity contribution is 9.10. The van der Waals surface area contributed by atoms with Gasteiger partial charge in [0.2, 0.25) is 5.00 Å². The van der Waals surface area contributed by atoms with E-state index in [1.54, 1.807) is 0 Å². The molecule has 0 unspecified atom stereocenters. The van der Waals surface area contributed by atoms with Gasteiger partial charge < -0.3 is 0 Å². The van der Waals surface area contributed by atoms with Crippen molar-refractivity contribution in [3.05, 3.63) is 26.8 Å². The lowest BCUT2D eigenvalue weighted by Gasteiger charge is -1.78. The Kier molecular flexibility index (Phi) is 1.89. The van der Waals surface area contributed by atoms with E-state index in [-0.39, 0.29) is 0 Å². The maximum Gasteiger partial charge on any atom is 0.242 e. The van der Waals surface area contributed by atoms with Gasteiger partial charge in [0.25, 0.3) is 0 Å². The molecule has 0 saturated heterocycles. The van der Waals surface area contributed by atoms with E-state index in [1.165, 1.54) is 16.2 Å². The lowest BCUT2D eigenvalue weighted by molar-refractivity contribution is 1.59. The second-order valence-corrected chi connectivity index (χ2v) is 3.69. The lowest BCUT2D eigenvalue weighted by atomic mass is 10.5. The van der Waals surface area contributed by atoms with Crippen molar-refractivity contribution in [2.24, 2.45) is 0 Å². The maximum absolute atomic E-state index is 6.67. The molecular weight excluding hydrogens is 198 g/mol. The minimum absolute atomic E-state index is 0.749. The second-order valence-electron chi connectivity index (χ2n) is 1.60. The van der Waals surface area contributed by atoms with Crippen LogP contribution in [0.4, 0.5) is 5.00 Å². The standard InChI is InChI=1S/C6H4BrNS/c1-4-5(7)3-6(8-2)9-4/h3H,1H3. The van der Waals surface area contributed by atoms with Crippen LogP contribution in [0.2, 0.25) is 0 Å². The summed E-state index contributed by atoms with van der Waals surface area (Å²) in [4.78, 5) is 4.46. The van der Waals surface area contributed by atoms with E-state index in [4.69, 9.17) is 6.57 Å². The number of halogens is 1. The Labute approximate surface area is 66.3 Å². The Morgan fingerprint density at radius 2 is 2.44 bits per heavy atom. The average molecular weight is 202 g/mol. The van der Waals surface area contributed by atoms with E-state index >= 15 is 0 Å². The maximum atomic E-state index is 6.67. The lowest BCUT2D eigenvalue weighted by Crippen LogP contribution is -1.53. The van der Waals surface area contributed by atoms with Crippen molar-refractivity contribution in [2.45, 2.75) is 6.92 Å². The molecule has 0 aromatic carbocycles. The second kappa shape index (κ2) is 2.51. The largest absolute Gasteiger partial charge is 0.242 e. The molecule has 0 amide bonds. The molecule has 0 N–H and O–H groups in total. The third-order valence-corrected chi connectivity index (χ3v) is 2.98. The van der Waals surface area contributed by atoms with Crippen molar-refractivity contribution in [2.75, 3.05) is 0 Å². The van der Waals surface area contributed by atoms with Crippen LogP contribution in [0.5, 0.6) is 0 Å². The van der Waals surface area contributed by atoms with Crippen molar-refractivity contribution in [3.63, 3.8) is 0 Å². The fraction of sp³-hybridized carbons (Fsp3) is 0.167. The summed E-state index contributed by atoms with van der Waals surface area (Å²) in [5.74, 6) is 0. The predicted molar refractivity (Wildman–Crippen MR) is 43.0 cm³/mol. The van der Waals surface area contributed by atoms with Crippen molar-refractivity contribution < 1.29 is 0 Å². The van der Waals surface area contributed by atoms with Crippen molar-refractivity contribution in [1.29, 1.82) is 0 Å². The van der Waals surface area contributed by atoms with Gasteiger partial charge in [-0.2, -0.15) is 11.3 Å². The topological polar surface area (TPSA) is 4.36 Å². The van der Waals surface area contributed by atoms with Crippen molar-refractivity contribution in [3.8, 4) is 0 Å². The Bertz CT molecular complexity index is 239. The molecule has 0 fully saturated rings. The molecule has 46 valence electrons. The normalized spacial score (nSPS) is 9.00. The van der Waals surface area contributed by atoms with Gasteiger partial charge in [-0.3, -0.25) is 0 Å². The average Bonchev–Trinajstić information content (AvgIpc) is 2.13. The van der Waals surface area contributed by atoms with Crippen LogP contribution in [0, 0.1) is 13.5 Å². The summed E-state index contributed by atoms with van der Waals surface area (Å²) in [6, 6.07) is 1.84. The molecule has 1 aromatic heterocycles. The first kappa shape index (κ1) is 6.79. The van der Waals surface area contributed by atoms with Crippen LogP contribution in [-0.4, -0.2) is 0 Å². The Hall–Kier alpha value is -0.330. The van der Waals surface area contributed by atoms with Crippen LogP contribution in [0.15, 0.2) is 10.5 Å². The highest BCUT2D eigenvalue weighted by atomic mass is 79.9. The summed E-state index contributed by atoms with van der Waals surface area (Å²) >= 11 is 4.84. The molecule has 0 aliphatic carbocycles. The van der Waals surface area contributed by atoms with Crippen LogP contribution in [0.1, 0.15) is 4.88 Å². The predicted octanol–water partition coefficient (Wildman–Crippen LogP) is 3.37. The van der Waals surface area contributed by atoms with Gasteiger partial charge in [-0.25, -0.2) is 4.85 Å². The first-order valence-corrected chi connectivity index (χ1v) is 3.98. The van der Waals surface area contributed by atoms with Crippen LogP contribution < -0.4 is 0 Å². The molecule has 0 atom stereocenters. The molecule has 3 heteroatoms. The molecule has 0 spiro atoms. The summed E-state index contributed by atoms with van der Waals surface area (Å²) in [5.41, 5.74) is 0. The third-order valence-electron chi connectivity index (χ3n) is 0.954. The third kappa shape index (κ3) is 1.32. The molecule has 0 aliphatic rings. The smallest absolute Gasteiger partial charge is 0.227 e. The van der Waals surface area contributed by atoms with Crippen molar-refractivity contribution >= 4 is 32.3 Å². The van der Waals surface area contributed by atoms with Crippen LogP contribution >= 0.6 is 27.3 Å². The SMILES string of the molecule is [C-]#[N+]c1cc(Br)c(C)s1. The quantitative estimate of drug-likeness (QED) is 0.568. The van der Waals surface area contributed by atoms with E-state index in [9.17, 15) is 0 Å². The van der Waals surface area contributed by atoms with Crippen molar-refractivity contribution in [1.82, 2.24) is 0 Å². The van der Waals surface area contributed by atoms with E-state index < -0.39 is 0 Å². The van der Waals surface area contributed by atoms with Gasteiger partial charge in [0.15, 0.2) is 0 Å². The first-order chi connectivity index (χ1) is 4.24. The molecule has 0 saturated carbocycles. The number of rotatable bonds is 0. The van der Waals surface area contributed by atoms with Gasteiger partial charge in [-0.15, -0.1) is 0 Å². The fourth-order valence-corrected chi connectivity index (χ4v) is 1.80. The molecule has 1 heterocycles. The van der Waals surface area contributed by atoms with Gasteiger partial charge in [0.1, 0.15) is 0 Å². The van der Waals surface area contributed by atoms with Crippen LogP contribution in [0.25, 0.3) is 4.85 Å². The zero-order chi connectivity index (χ0) is 6.85. The summed E-state index contributed by atoms with van der Waals surface area (Å²) in [6.45, 7) is 8.66. The number of thiophene rings is 1. The van der Waals surface area contributed by atoms with Gasteiger partial charge in [0, 0.05) is 9.35 Å². The highest BCUT2D eigenvalue weighted by Gasteiger charge is 1.99. The number of hydrogen-bond acceptors (Lipinski definition) is 1. The van der Waals surface area contributed by atoms with E-state index in [2.05, 4.69) is 20.8 Å². The number of nitrogens with zero attached hydrogens (tertiary/aromatic N) is 1. The van der Waals surface area contributed by atoms with Gasteiger partial charge in [0.05, 0.1) is 6.57 Å². The molecular formula is C6H4BrNS. The Morgan fingerprint density at radius 1 is 1.78 bits per heavy atom. The molecule has 1 aromatic rings. The van der Waals surface area contributed by atoms with Crippen LogP contribution in [0.3, 0.4) is 0 Å². The number of aryl methyl sites for hydroxylation is 1. The first-order valence-electron chi connectivity index (χ1n) is 2.37. The highest BCUT2D eigenvalue weighted by Crippen LogP contribution is 2.32. The zero-order valence-corrected chi connectivity index (χ0v) is 7.21. The van der Waals surface area contributed by atoms with E-state index in [0.717, 1.165) is 9.47 Å². The molecule has 9 heavy (non-hydrogen) atoms. The monoisotopic (exact) mass is 201 g/mol. The molecule has 1 rings (SSSR count). The minimum Gasteiger partial charge on any atom is -0.227 e. The van der Waals surface area contributed by atoms with Gasteiger partial charge in [-0.05, 0) is 13.0 Å².